The predicted molar refractivity (Wildman–Crippen MR) is 87.3 cm³/mol. The van der Waals surface area contributed by atoms with Gasteiger partial charge in [-0.15, -0.1) is 0 Å². The number of ether oxygens (including phenoxy) is 3. The number of esters is 3. The van der Waals surface area contributed by atoms with Crippen molar-refractivity contribution in [1.82, 2.24) is 5.32 Å². The van der Waals surface area contributed by atoms with Gasteiger partial charge in [-0.2, -0.15) is 0 Å². The zero-order valence-corrected chi connectivity index (χ0v) is 15.3. The quantitative estimate of drug-likeness (QED) is 0.372. The number of unbranched alkanes of at least 4 members (excludes halogenated alkanes) is 1. The lowest BCUT2D eigenvalue weighted by Gasteiger charge is -2.31. The van der Waals surface area contributed by atoms with Crippen molar-refractivity contribution >= 4 is 23.8 Å². The van der Waals surface area contributed by atoms with Gasteiger partial charge in [-0.3, -0.25) is 9.59 Å². The Morgan fingerprint density at radius 2 is 1.48 bits per heavy atom. The topological polar surface area (TPSA) is 108 Å². The number of nitrogens with one attached hydrogen (secondary N) is 1. The molecule has 1 rings (SSSR count). The molecule has 0 radical (unpaired) electrons. The van der Waals surface area contributed by atoms with Crippen LogP contribution in [-0.4, -0.2) is 49.2 Å². The first kappa shape index (κ1) is 20.9. The summed E-state index contributed by atoms with van der Waals surface area (Å²) in [5, 5.41) is 2.40. The summed E-state index contributed by atoms with van der Waals surface area (Å²) in [7, 11) is 0. The first-order valence-electron chi connectivity index (χ1n) is 8.73. The molecule has 0 unspecified atom stereocenters. The molecule has 0 aromatic carbocycles. The van der Waals surface area contributed by atoms with Crippen LogP contribution in [0.2, 0.25) is 0 Å². The molecule has 1 aliphatic heterocycles. The minimum absolute atomic E-state index is 0.0282. The fraction of sp³-hybridized carbons (Fsp3) is 0.765. The fourth-order valence-electron chi connectivity index (χ4n) is 3.09. The summed E-state index contributed by atoms with van der Waals surface area (Å²) in [4.78, 5) is 50.0. The molecule has 8 nitrogen and oxygen atoms in total. The Balaban J connectivity index is 3.38. The summed E-state index contributed by atoms with van der Waals surface area (Å²) in [6, 6.07) is 0. The van der Waals surface area contributed by atoms with E-state index in [4.69, 9.17) is 14.2 Å². The van der Waals surface area contributed by atoms with E-state index in [0.29, 0.717) is 12.8 Å². The van der Waals surface area contributed by atoms with Gasteiger partial charge in [0.05, 0.1) is 19.8 Å². The molecule has 1 amide bonds. The van der Waals surface area contributed by atoms with E-state index in [9.17, 15) is 19.2 Å². The highest BCUT2D eigenvalue weighted by Crippen LogP contribution is 2.39. The molecular weight excluding hydrogens is 330 g/mol. The van der Waals surface area contributed by atoms with Crippen LogP contribution in [0.3, 0.4) is 0 Å². The highest BCUT2D eigenvalue weighted by Gasteiger charge is 2.66. The number of hydrogen-bond acceptors (Lipinski definition) is 7. The van der Waals surface area contributed by atoms with Gasteiger partial charge in [-0.05, 0) is 27.2 Å². The van der Waals surface area contributed by atoms with Crippen LogP contribution in [-0.2, 0) is 33.4 Å². The lowest BCUT2D eigenvalue weighted by molar-refractivity contribution is -0.169. The third-order valence-electron chi connectivity index (χ3n) is 4.17. The average Bonchev–Trinajstić information content (AvgIpc) is 2.87. The van der Waals surface area contributed by atoms with Crippen LogP contribution in [0.25, 0.3) is 0 Å². The molecule has 1 aliphatic rings. The van der Waals surface area contributed by atoms with Crippen molar-refractivity contribution in [2.75, 3.05) is 19.8 Å². The molecule has 1 saturated heterocycles. The van der Waals surface area contributed by atoms with Gasteiger partial charge in [0, 0.05) is 5.92 Å². The van der Waals surface area contributed by atoms with Gasteiger partial charge in [-0.25, -0.2) is 9.59 Å². The zero-order chi connectivity index (χ0) is 19.0. The van der Waals surface area contributed by atoms with Crippen LogP contribution in [0.5, 0.6) is 0 Å². The van der Waals surface area contributed by atoms with Crippen molar-refractivity contribution in [3.05, 3.63) is 0 Å². The SMILES string of the molecule is CCCC[C@H]1[C@H](C(=O)OCC)C(=O)NC1(C(=O)OCC)C(=O)OCC. The lowest BCUT2D eigenvalue weighted by atomic mass is 9.76. The summed E-state index contributed by atoms with van der Waals surface area (Å²) in [6.45, 7) is 6.89. The number of carbonyl (C=O) groups is 4. The molecule has 0 saturated carbocycles. The van der Waals surface area contributed by atoms with Gasteiger partial charge >= 0.3 is 17.9 Å². The molecule has 0 bridgehead atoms. The van der Waals surface area contributed by atoms with Crippen LogP contribution in [0.15, 0.2) is 0 Å². The minimum Gasteiger partial charge on any atom is -0.465 e. The highest BCUT2D eigenvalue weighted by atomic mass is 16.6. The first-order chi connectivity index (χ1) is 11.9. The van der Waals surface area contributed by atoms with Crippen LogP contribution in [0.4, 0.5) is 0 Å². The molecule has 142 valence electrons. The summed E-state index contributed by atoms with van der Waals surface area (Å²) in [5.41, 5.74) is -2.02. The Labute approximate surface area is 147 Å². The van der Waals surface area contributed by atoms with Crippen molar-refractivity contribution in [3.8, 4) is 0 Å². The molecule has 25 heavy (non-hydrogen) atoms. The molecule has 0 aliphatic carbocycles. The van der Waals surface area contributed by atoms with Crippen molar-refractivity contribution < 1.29 is 33.4 Å². The van der Waals surface area contributed by atoms with Crippen LogP contribution >= 0.6 is 0 Å². The normalized spacial score (nSPS) is 21.4. The van der Waals surface area contributed by atoms with E-state index in [1.54, 1.807) is 20.8 Å². The number of amides is 1. The highest BCUT2D eigenvalue weighted by molar-refractivity contribution is 6.14. The van der Waals surface area contributed by atoms with E-state index in [0.717, 1.165) is 6.42 Å². The second-order valence-electron chi connectivity index (χ2n) is 5.72. The number of hydrogen-bond donors (Lipinski definition) is 1. The molecule has 0 spiro atoms. The molecule has 0 aromatic heterocycles. The van der Waals surface area contributed by atoms with Gasteiger partial charge in [0.2, 0.25) is 11.4 Å². The Morgan fingerprint density at radius 3 is 1.92 bits per heavy atom. The predicted octanol–water partition coefficient (Wildman–Crippen LogP) is 0.967. The summed E-state index contributed by atoms with van der Waals surface area (Å²) < 4.78 is 15.0. The smallest absolute Gasteiger partial charge is 0.344 e. The van der Waals surface area contributed by atoms with Gasteiger partial charge < -0.3 is 19.5 Å². The molecule has 1 N–H and O–H groups in total. The first-order valence-corrected chi connectivity index (χ1v) is 8.73. The Kier molecular flexibility index (Phi) is 7.86. The summed E-state index contributed by atoms with van der Waals surface area (Å²) in [6.07, 6.45) is 1.69. The van der Waals surface area contributed by atoms with E-state index >= 15 is 0 Å². The van der Waals surface area contributed by atoms with Crippen molar-refractivity contribution in [3.63, 3.8) is 0 Å². The Hall–Kier alpha value is -2.12. The largest absolute Gasteiger partial charge is 0.465 e. The maximum atomic E-state index is 12.6. The Morgan fingerprint density at radius 1 is 0.960 bits per heavy atom. The van der Waals surface area contributed by atoms with E-state index in [1.165, 1.54) is 0 Å². The minimum atomic E-state index is -2.02. The van der Waals surface area contributed by atoms with Crippen LogP contribution in [0.1, 0.15) is 47.0 Å². The van der Waals surface area contributed by atoms with Crippen molar-refractivity contribution in [2.24, 2.45) is 11.8 Å². The molecule has 8 heteroatoms. The van der Waals surface area contributed by atoms with Crippen LogP contribution < -0.4 is 5.32 Å². The monoisotopic (exact) mass is 357 g/mol. The summed E-state index contributed by atoms with van der Waals surface area (Å²) in [5.74, 6) is -5.46. The second-order valence-corrected chi connectivity index (χ2v) is 5.72. The Bertz CT molecular complexity index is 499. The molecular formula is C17H27NO7. The number of rotatable bonds is 9. The lowest BCUT2D eigenvalue weighted by Crippen LogP contribution is -2.61. The van der Waals surface area contributed by atoms with Crippen molar-refractivity contribution in [1.29, 1.82) is 0 Å². The van der Waals surface area contributed by atoms with E-state index in [-0.39, 0.29) is 19.8 Å². The maximum absolute atomic E-state index is 12.6. The molecule has 2 atom stereocenters. The molecule has 1 fully saturated rings. The standard InChI is InChI=1S/C17H27NO7/c1-5-9-10-11-12(14(20)23-6-2)13(19)18-17(11,15(21)24-7-3)16(22)25-8-4/h11-12H,5-10H2,1-4H3,(H,18,19)/t11-,12-/m0/s1. The summed E-state index contributed by atoms with van der Waals surface area (Å²) >= 11 is 0. The van der Waals surface area contributed by atoms with Gasteiger partial charge in [0.25, 0.3) is 0 Å². The third-order valence-corrected chi connectivity index (χ3v) is 4.17. The van der Waals surface area contributed by atoms with Gasteiger partial charge in [0.1, 0.15) is 5.92 Å². The second kappa shape index (κ2) is 9.39. The average molecular weight is 357 g/mol. The van der Waals surface area contributed by atoms with Gasteiger partial charge in [-0.1, -0.05) is 19.8 Å². The third kappa shape index (κ3) is 4.11. The van der Waals surface area contributed by atoms with E-state index in [1.807, 2.05) is 6.92 Å². The zero-order valence-electron chi connectivity index (χ0n) is 15.3. The molecule has 0 aromatic rings. The van der Waals surface area contributed by atoms with Gasteiger partial charge in [0.15, 0.2) is 0 Å². The van der Waals surface area contributed by atoms with Crippen molar-refractivity contribution in [2.45, 2.75) is 52.5 Å². The van der Waals surface area contributed by atoms with Crippen LogP contribution in [0, 0.1) is 11.8 Å². The molecule has 1 heterocycles. The van der Waals surface area contributed by atoms with E-state index < -0.39 is 41.2 Å². The fourth-order valence-corrected chi connectivity index (χ4v) is 3.09. The number of carbonyl (C=O) groups excluding carboxylic acids is 4. The van der Waals surface area contributed by atoms with E-state index in [2.05, 4.69) is 5.32 Å². The maximum Gasteiger partial charge on any atom is 0.344 e.